The van der Waals surface area contributed by atoms with Gasteiger partial charge < -0.3 is 20.1 Å². The number of alkyl carbamates (subject to hydrolysis) is 1. The molecule has 0 aliphatic heterocycles. The first-order chi connectivity index (χ1) is 8.24. The predicted molar refractivity (Wildman–Crippen MR) is 68.3 cm³/mol. The number of rotatable bonds is 6. The summed E-state index contributed by atoms with van der Waals surface area (Å²) in [6.07, 6.45) is -0.465. The normalized spacial score (nSPS) is 12.7. The molecule has 0 saturated heterocycles. The quantitative estimate of drug-likeness (QED) is 0.698. The van der Waals surface area contributed by atoms with Crippen LogP contribution in [0.15, 0.2) is 0 Å². The van der Waals surface area contributed by atoms with Crippen LogP contribution < -0.4 is 10.6 Å². The minimum Gasteiger partial charge on any atom is -0.465 e. The molecular weight excluding hydrogens is 236 g/mol. The Morgan fingerprint density at radius 1 is 1.28 bits per heavy atom. The lowest BCUT2D eigenvalue weighted by atomic mass is 10.2. The second-order valence-electron chi connectivity index (χ2n) is 4.97. The first-order valence-corrected chi connectivity index (χ1v) is 6.10. The fourth-order valence-electron chi connectivity index (χ4n) is 1.09. The Morgan fingerprint density at radius 3 is 2.39 bits per heavy atom. The van der Waals surface area contributed by atoms with Gasteiger partial charge in [0.05, 0.1) is 13.2 Å². The van der Waals surface area contributed by atoms with E-state index in [1.54, 1.807) is 27.7 Å². The standard InChI is InChI=1S/C12H24N2O4/c1-6-17-10(15)8-13-9(2)7-14-11(16)18-12(3,4)5/h9,13H,6-8H2,1-5H3,(H,14,16). The van der Waals surface area contributed by atoms with Crippen molar-refractivity contribution in [2.75, 3.05) is 19.7 Å². The van der Waals surface area contributed by atoms with Crippen LogP contribution in [0.25, 0.3) is 0 Å². The molecule has 1 unspecified atom stereocenters. The molecule has 106 valence electrons. The van der Waals surface area contributed by atoms with E-state index in [4.69, 9.17) is 9.47 Å². The van der Waals surface area contributed by atoms with E-state index in [9.17, 15) is 9.59 Å². The van der Waals surface area contributed by atoms with Crippen molar-refractivity contribution in [2.45, 2.75) is 46.3 Å². The fourth-order valence-corrected chi connectivity index (χ4v) is 1.09. The predicted octanol–water partition coefficient (Wildman–Crippen LogP) is 1.05. The average molecular weight is 260 g/mol. The Kier molecular flexibility index (Phi) is 7.35. The third-order valence-corrected chi connectivity index (χ3v) is 1.85. The van der Waals surface area contributed by atoms with Gasteiger partial charge in [-0.25, -0.2) is 4.79 Å². The smallest absolute Gasteiger partial charge is 0.407 e. The number of carbonyl (C=O) groups excluding carboxylic acids is 2. The van der Waals surface area contributed by atoms with E-state index >= 15 is 0 Å². The van der Waals surface area contributed by atoms with Crippen molar-refractivity contribution in [3.05, 3.63) is 0 Å². The van der Waals surface area contributed by atoms with Crippen LogP contribution >= 0.6 is 0 Å². The zero-order valence-electron chi connectivity index (χ0n) is 11.8. The summed E-state index contributed by atoms with van der Waals surface area (Å²) in [5.41, 5.74) is -0.508. The van der Waals surface area contributed by atoms with Gasteiger partial charge in [-0.2, -0.15) is 0 Å². The van der Waals surface area contributed by atoms with Crippen molar-refractivity contribution >= 4 is 12.1 Å². The van der Waals surface area contributed by atoms with Crippen LogP contribution in [-0.4, -0.2) is 43.4 Å². The number of carbonyl (C=O) groups is 2. The monoisotopic (exact) mass is 260 g/mol. The molecule has 0 aromatic carbocycles. The maximum absolute atomic E-state index is 11.4. The number of amides is 1. The Morgan fingerprint density at radius 2 is 1.89 bits per heavy atom. The molecule has 0 bridgehead atoms. The van der Waals surface area contributed by atoms with Gasteiger partial charge in [0, 0.05) is 12.6 Å². The van der Waals surface area contributed by atoms with Gasteiger partial charge in [0.25, 0.3) is 0 Å². The molecule has 0 spiro atoms. The van der Waals surface area contributed by atoms with Crippen LogP contribution in [0, 0.1) is 0 Å². The van der Waals surface area contributed by atoms with Crippen molar-refractivity contribution < 1.29 is 19.1 Å². The Bertz CT molecular complexity index is 274. The number of esters is 1. The van der Waals surface area contributed by atoms with E-state index in [0.717, 1.165) is 0 Å². The molecule has 0 heterocycles. The highest BCUT2D eigenvalue weighted by Gasteiger charge is 2.16. The third-order valence-electron chi connectivity index (χ3n) is 1.85. The van der Waals surface area contributed by atoms with Crippen molar-refractivity contribution in [2.24, 2.45) is 0 Å². The minimum absolute atomic E-state index is 0.0399. The topological polar surface area (TPSA) is 76.7 Å². The van der Waals surface area contributed by atoms with E-state index in [0.29, 0.717) is 13.2 Å². The van der Waals surface area contributed by atoms with Crippen molar-refractivity contribution in [3.8, 4) is 0 Å². The molecule has 6 heteroatoms. The number of hydrogen-bond acceptors (Lipinski definition) is 5. The van der Waals surface area contributed by atoms with Gasteiger partial charge in [-0.1, -0.05) is 0 Å². The first kappa shape index (κ1) is 16.7. The average Bonchev–Trinajstić information content (AvgIpc) is 2.21. The highest BCUT2D eigenvalue weighted by Crippen LogP contribution is 2.06. The van der Waals surface area contributed by atoms with Gasteiger partial charge in [-0.05, 0) is 34.6 Å². The van der Waals surface area contributed by atoms with Gasteiger partial charge in [0.2, 0.25) is 0 Å². The highest BCUT2D eigenvalue weighted by molar-refractivity contribution is 5.71. The van der Waals surface area contributed by atoms with Crippen molar-refractivity contribution in [1.29, 1.82) is 0 Å². The van der Waals surface area contributed by atoms with Gasteiger partial charge in [0.15, 0.2) is 0 Å². The molecule has 1 amide bonds. The molecule has 0 aliphatic rings. The zero-order valence-corrected chi connectivity index (χ0v) is 11.8. The number of nitrogens with one attached hydrogen (secondary N) is 2. The summed E-state index contributed by atoms with van der Waals surface area (Å²) < 4.78 is 9.85. The Labute approximate surface area is 108 Å². The van der Waals surface area contributed by atoms with E-state index < -0.39 is 11.7 Å². The number of hydrogen-bond donors (Lipinski definition) is 2. The molecule has 1 atom stereocenters. The molecule has 0 radical (unpaired) electrons. The minimum atomic E-state index is -0.508. The summed E-state index contributed by atoms with van der Waals surface area (Å²) in [5.74, 6) is -0.304. The van der Waals surface area contributed by atoms with E-state index in [2.05, 4.69) is 10.6 Å². The summed E-state index contributed by atoms with van der Waals surface area (Å²) >= 11 is 0. The lowest BCUT2D eigenvalue weighted by Gasteiger charge is -2.21. The highest BCUT2D eigenvalue weighted by atomic mass is 16.6. The Balaban J connectivity index is 3.73. The van der Waals surface area contributed by atoms with E-state index in [1.165, 1.54) is 0 Å². The molecule has 0 aliphatic carbocycles. The van der Waals surface area contributed by atoms with Crippen LogP contribution in [0.5, 0.6) is 0 Å². The van der Waals surface area contributed by atoms with Crippen LogP contribution in [-0.2, 0) is 14.3 Å². The van der Waals surface area contributed by atoms with Gasteiger partial charge in [-0.15, -0.1) is 0 Å². The molecule has 0 aromatic heterocycles. The molecular formula is C12H24N2O4. The second kappa shape index (κ2) is 7.92. The maximum Gasteiger partial charge on any atom is 0.407 e. The molecule has 2 N–H and O–H groups in total. The lowest BCUT2D eigenvalue weighted by Crippen LogP contribution is -2.42. The van der Waals surface area contributed by atoms with Crippen LogP contribution in [0.4, 0.5) is 4.79 Å². The van der Waals surface area contributed by atoms with E-state index in [-0.39, 0.29) is 18.6 Å². The number of ether oxygens (including phenoxy) is 2. The molecule has 6 nitrogen and oxygen atoms in total. The SMILES string of the molecule is CCOC(=O)CNC(C)CNC(=O)OC(C)(C)C. The molecule has 0 rings (SSSR count). The largest absolute Gasteiger partial charge is 0.465 e. The van der Waals surface area contributed by atoms with Gasteiger partial charge in [-0.3, -0.25) is 4.79 Å². The molecule has 0 aromatic rings. The third kappa shape index (κ3) is 9.89. The van der Waals surface area contributed by atoms with Crippen LogP contribution in [0.3, 0.4) is 0 Å². The molecule has 18 heavy (non-hydrogen) atoms. The molecule has 0 saturated carbocycles. The van der Waals surface area contributed by atoms with Crippen LogP contribution in [0.2, 0.25) is 0 Å². The van der Waals surface area contributed by atoms with Crippen LogP contribution in [0.1, 0.15) is 34.6 Å². The molecule has 0 fully saturated rings. The summed E-state index contributed by atoms with van der Waals surface area (Å²) in [4.78, 5) is 22.4. The lowest BCUT2D eigenvalue weighted by molar-refractivity contribution is -0.142. The van der Waals surface area contributed by atoms with Crippen molar-refractivity contribution in [1.82, 2.24) is 10.6 Å². The summed E-state index contributed by atoms with van der Waals surface area (Å²) in [6.45, 7) is 9.89. The first-order valence-electron chi connectivity index (χ1n) is 6.10. The summed E-state index contributed by atoms with van der Waals surface area (Å²) in [7, 11) is 0. The van der Waals surface area contributed by atoms with E-state index in [1.807, 2.05) is 6.92 Å². The maximum atomic E-state index is 11.4. The zero-order chi connectivity index (χ0) is 14.2. The Hall–Kier alpha value is -1.30. The van der Waals surface area contributed by atoms with Crippen molar-refractivity contribution in [3.63, 3.8) is 0 Å². The van der Waals surface area contributed by atoms with Gasteiger partial charge in [0.1, 0.15) is 5.60 Å². The fraction of sp³-hybridized carbons (Fsp3) is 0.833. The van der Waals surface area contributed by atoms with Gasteiger partial charge >= 0.3 is 12.1 Å². The summed E-state index contributed by atoms with van der Waals surface area (Å²) in [6, 6.07) is -0.0399. The second-order valence-corrected chi connectivity index (χ2v) is 4.97. The summed E-state index contributed by atoms with van der Waals surface area (Å²) in [5, 5.41) is 5.56.